The maximum atomic E-state index is 12.4. The van der Waals surface area contributed by atoms with E-state index in [2.05, 4.69) is 22.9 Å². The Morgan fingerprint density at radius 2 is 2.08 bits per heavy atom. The highest BCUT2D eigenvalue weighted by molar-refractivity contribution is 5.85. The molecule has 1 aromatic rings. The molecule has 0 aliphatic carbocycles. The molecule has 0 spiro atoms. The van der Waals surface area contributed by atoms with Crippen LogP contribution >= 0.6 is 12.4 Å². The average molecular weight is 355 g/mol. The zero-order valence-corrected chi connectivity index (χ0v) is 15.0. The van der Waals surface area contributed by atoms with E-state index in [4.69, 9.17) is 5.73 Å². The smallest absolute Gasteiger partial charge is 0.312 e. The summed E-state index contributed by atoms with van der Waals surface area (Å²) < 4.78 is 0. The fraction of sp³-hybridized carbons (Fsp3) is 0.529. The quantitative estimate of drug-likeness (QED) is 0.647. The molecule has 7 heteroatoms. The second-order valence-electron chi connectivity index (χ2n) is 6.27. The number of benzene rings is 1. The van der Waals surface area contributed by atoms with Crippen molar-refractivity contribution in [1.82, 2.24) is 16.0 Å². The number of hydrogen-bond donors (Lipinski definition) is 4. The molecule has 3 atom stereocenters. The molecule has 1 aliphatic rings. The van der Waals surface area contributed by atoms with Gasteiger partial charge in [0.05, 0.1) is 12.5 Å². The SMILES string of the molecule is Cc1ccccc1C(CC(=O)NC1CCNCC1C)NC(N)=O.Cl. The van der Waals surface area contributed by atoms with Crippen LogP contribution in [-0.2, 0) is 4.79 Å². The first-order chi connectivity index (χ1) is 11.0. The lowest BCUT2D eigenvalue weighted by Gasteiger charge is -2.31. The van der Waals surface area contributed by atoms with Crippen LogP contribution in [0.3, 0.4) is 0 Å². The first-order valence-corrected chi connectivity index (χ1v) is 8.09. The largest absolute Gasteiger partial charge is 0.353 e. The monoisotopic (exact) mass is 354 g/mol. The van der Waals surface area contributed by atoms with Gasteiger partial charge in [0, 0.05) is 6.04 Å². The maximum absolute atomic E-state index is 12.4. The second kappa shape index (κ2) is 9.49. The summed E-state index contributed by atoms with van der Waals surface area (Å²) in [7, 11) is 0. The molecule has 2 rings (SSSR count). The summed E-state index contributed by atoms with van der Waals surface area (Å²) in [4.78, 5) is 23.7. The van der Waals surface area contributed by atoms with Crippen LogP contribution in [0, 0.1) is 12.8 Å². The van der Waals surface area contributed by atoms with Crippen molar-refractivity contribution in [3.05, 3.63) is 35.4 Å². The summed E-state index contributed by atoms with van der Waals surface area (Å²) in [6.07, 6.45) is 1.11. The minimum Gasteiger partial charge on any atom is -0.353 e. The van der Waals surface area contributed by atoms with E-state index in [0.29, 0.717) is 5.92 Å². The van der Waals surface area contributed by atoms with Crippen molar-refractivity contribution in [3.8, 4) is 0 Å². The molecule has 1 saturated heterocycles. The lowest BCUT2D eigenvalue weighted by molar-refractivity contribution is -0.122. The van der Waals surface area contributed by atoms with Crippen LogP contribution in [0.15, 0.2) is 24.3 Å². The number of aryl methyl sites for hydroxylation is 1. The molecule has 1 heterocycles. The van der Waals surface area contributed by atoms with E-state index in [9.17, 15) is 9.59 Å². The number of urea groups is 1. The molecule has 5 N–H and O–H groups in total. The number of nitrogens with two attached hydrogens (primary N) is 1. The van der Waals surface area contributed by atoms with Crippen molar-refractivity contribution < 1.29 is 9.59 Å². The molecule has 24 heavy (non-hydrogen) atoms. The van der Waals surface area contributed by atoms with Crippen LogP contribution < -0.4 is 21.7 Å². The fourth-order valence-electron chi connectivity index (χ4n) is 3.07. The lowest BCUT2D eigenvalue weighted by atomic mass is 9.94. The number of primary amides is 1. The lowest BCUT2D eigenvalue weighted by Crippen LogP contribution is -2.49. The van der Waals surface area contributed by atoms with Crippen molar-refractivity contribution in [3.63, 3.8) is 0 Å². The zero-order chi connectivity index (χ0) is 16.8. The van der Waals surface area contributed by atoms with Gasteiger partial charge >= 0.3 is 6.03 Å². The van der Waals surface area contributed by atoms with Crippen LogP contribution in [0.25, 0.3) is 0 Å². The number of amides is 3. The molecular weight excluding hydrogens is 328 g/mol. The third-order valence-corrected chi connectivity index (χ3v) is 4.40. The van der Waals surface area contributed by atoms with Crippen molar-refractivity contribution in [2.75, 3.05) is 13.1 Å². The second-order valence-corrected chi connectivity index (χ2v) is 6.27. The van der Waals surface area contributed by atoms with Gasteiger partial charge in [0.15, 0.2) is 0 Å². The van der Waals surface area contributed by atoms with Gasteiger partial charge in [-0.25, -0.2) is 4.79 Å². The van der Waals surface area contributed by atoms with Crippen molar-refractivity contribution in [2.45, 2.75) is 38.8 Å². The third kappa shape index (κ3) is 5.69. The van der Waals surface area contributed by atoms with Gasteiger partial charge in [-0.15, -0.1) is 12.4 Å². The van der Waals surface area contributed by atoms with Crippen LogP contribution in [-0.4, -0.2) is 31.1 Å². The van der Waals surface area contributed by atoms with Gasteiger partial charge in [-0.3, -0.25) is 4.79 Å². The van der Waals surface area contributed by atoms with Gasteiger partial charge in [-0.2, -0.15) is 0 Å². The van der Waals surface area contributed by atoms with Crippen LogP contribution in [0.1, 0.15) is 36.9 Å². The van der Waals surface area contributed by atoms with Gasteiger partial charge in [0.25, 0.3) is 0 Å². The minimum atomic E-state index is -0.624. The summed E-state index contributed by atoms with van der Waals surface area (Å²) in [6, 6.07) is 6.83. The molecular formula is C17H27ClN4O2. The predicted molar refractivity (Wildman–Crippen MR) is 97.1 cm³/mol. The topological polar surface area (TPSA) is 96.2 Å². The number of carbonyl (C=O) groups excluding carboxylic acids is 2. The summed E-state index contributed by atoms with van der Waals surface area (Å²) in [6.45, 7) is 5.90. The van der Waals surface area contributed by atoms with E-state index in [1.165, 1.54) is 0 Å². The van der Waals surface area contributed by atoms with Crippen LogP contribution in [0.5, 0.6) is 0 Å². The average Bonchev–Trinajstić information content (AvgIpc) is 2.49. The Hall–Kier alpha value is -1.79. The van der Waals surface area contributed by atoms with E-state index in [0.717, 1.165) is 30.6 Å². The van der Waals surface area contributed by atoms with Crippen molar-refractivity contribution >= 4 is 24.3 Å². The van der Waals surface area contributed by atoms with Crippen molar-refractivity contribution in [2.24, 2.45) is 11.7 Å². The highest BCUT2D eigenvalue weighted by Crippen LogP contribution is 2.21. The zero-order valence-electron chi connectivity index (χ0n) is 14.2. The number of nitrogens with one attached hydrogen (secondary N) is 3. The van der Waals surface area contributed by atoms with Gasteiger partial charge < -0.3 is 21.7 Å². The molecule has 134 valence electrons. The predicted octanol–water partition coefficient (Wildman–Crippen LogP) is 1.63. The molecule has 0 radical (unpaired) electrons. The number of halogens is 1. The van der Waals surface area contributed by atoms with E-state index < -0.39 is 12.1 Å². The molecule has 6 nitrogen and oxygen atoms in total. The van der Waals surface area contributed by atoms with E-state index in [-0.39, 0.29) is 30.8 Å². The molecule has 1 aliphatic heterocycles. The van der Waals surface area contributed by atoms with E-state index in [1.54, 1.807) is 0 Å². The van der Waals surface area contributed by atoms with E-state index in [1.807, 2.05) is 31.2 Å². The highest BCUT2D eigenvalue weighted by atomic mass is 35.5. The van der Waals surface area contributed by atoms with Gasteiger partial charge in [0.2, 0.25) is 5.91 Å². The van der Waals surface area contributed by atoms with Gasteiger partial charge in [-0.05, 0) is 43.5 Å². The fourth-order valence-corrected chi connectivity index (χ4v) is 3.07. The van der Waals surface area contributed by atoms with Crippen LogP contribution in [0.4, 0.5) is 4.79 Å². The first kappa shape index (κ1) is 20.3. The first-order valence-electron chi connectivity index (χ1n) is 8.09. The number of piperidine rings is 1. The molecule has 1 fully saturated rings. The summed E-state index contributed by atoms with van der Waals surface area (Å²) in [5.74, 6) is 0.333. The number of carbonyl (C=O) groups is 2. The summed E-state index contributed by atoms with van der Waals surface area (Å²) in [5, 5.41) is 9.09. The minimum absolute atomic E-state index is 0. The Kier molecular flexibility index (Phi) is 8.01. The Bertz CT molecular complexity index is 567. The van der Waals surface area contributed by atoms with Gasteiger partial charge in [-0.1, -0.05) is 31.2 Å². The Morgan fingerprint density at radius 3 is 2.71 bits per heavy atom. The Labute approximate surface area is 149 Å². The maximum Gasteiger partial charge on any atom is 0.312 e. The molecule has 0 bridgehead atoms. The highest BCUT2D eigenvalue weighted by Gasteiger charge is 2.25. The van der Waals surface area contributed by atoms with Gasteiger partial charge in [0.1, 0.15) is 0 Å². The molecule has 3 amide bonds. The molecule has 1 aromatic carbocycles. The normalized spacial score (nSPS) is 21.2. The van der Waals surface area contributed by atoms with E-state index >= 15 is 0 Å². The number of rotatable bonds is 5. The standard InChI is InChI=1S/C17H26N4O2.ClH/c1-11-5-3-4-6-13(11)15(21-17(18)23)9-16(22)20-14-7-8-19-10-12(14)2;/h3-6,12,14-15,19H,7-10H2,1-2H3,(H,20,22)(H3,18,21,23);1H. The molecule has 3 unspecified atom stereocenters. The Morgan fingerprint density at radius 1 is 1.38 bits per heavy atom. The van der Waals surface area contributed by atoms with Crippen LogP contribution in [0.2, 0.25) is 0 Å². The third-order valence-electron chi connectivity index (χ3n) is 4.40. The van der Waals surface area contributed by atoms with Crippen molar-refractivity contribution in [1.29, 1.82) is 0 Å². The molecule has 0 aromatic heterocycles. The summed E-state index contributed by atoms with van der Waals surface area (Å²) >= 11 is 0. The Balaban J connectivity index is 0.00000288. The molecule has 0 saturated carbocycles. The number of hydrogen-bond acceptors (Lipinski definition) is 3. The summed E-state index contributed by atoms with van der Waals surface area (Å²) in [5.41, 5.74) is 7.21.